The number of aliphatic hydroxyl groups is 2. The van der Waals surface area contributed by atoms with Gasteiger partial charge in [-0.3, -0.25) is 9.32 Å². The predicted molar refractivity (Wildman–Crippen MR) is 148 cm³/mol. The van der Waals surface area contributed by atoms with Crippen molar-refractivity contribution in [2.24, 2.45) is 5.92 Å². The second kappa shape index (κ2) is 11.7. The van der Waals surface area contributed by atoms with Crippen LogP contribution in [-0.4, -0.2) is 67.3 Å². The summed E-state index contributed by atoms with van der Waals surface area (Å²) in [6.07, 6.45) is -1.46. The molecular weight excluding hydrogens is 553 g/mol. The second-order valence-corrected chi connectivity index (χ2v) is 12.1. The Kier molecular flexibility index (Phi) is 8.38. The van der Waals surface area contributed by atoms with E-state index in [1.54, 1.807) is 42.5 Å². The quantitative estimate of drug-likeness (QED) is 0.180. The molecule has 1 aliphatic heterocycles. The van der Waals surface area contributed by atoms with Crippen LogP contribution < -0.4 is 15.3 Å². The van der Waals surface area contributed by atoms with Gasteiger partial charge in [-0.05, 0) is 37.1 Å². The van der Waals surface area contributed by atoms with Crippen molar-refractivity contribution < 1.29 is 38.1 Å². The number of nitrogen functional groups attached to an aromatic ring is 1. The maximum atomic E-state index is 14.1. The van der Waals surface area contributed by atoms with Crippen LogP contribution in [0.4, 0.5) is 5.82 Å². The Bertz CT molecular complexity index is 1420. The lowest BCUT2D eigenvalue weighted by atomic mass is 10.0. The first kappa shape index (κ1) is 29.4. The Hall–Kier alpha value is -3.06. The molecule has 13 nitrogen and oxygen atoms in total. The highest BCUT2D eigenvalue weighted by Crippen LogP contribution is 2.61. The summed E-state index contributed by atoms with van der Waals surface area (Å²) in [6.45, 7) is 5.80. The maximum absolute atomic E-state index is 14.1. The first-order valence-electron chi connectivity index (χ1n) is 13.7. The van der Waals surface area contributed by atoms with Gasteiger partial charge in [0.05, 0.1) is 12.3 Å². The van der Waals surface area contributed by atoms with Crippen LogP contribution in [0, 0.1) is 5.92 Å². The van der Waals surface area contributed by atoms with Crippen LogP contribution in [0.15, 0.2) is 48.8 Å². The summed E-state index contributed by atoms with van der Waals surface area (Å²) >= 11 is 0. The van der Waals surface area contributed by atoms with E-state index in [1.165, 1.54) is 17.8 Å². The van der Waals surface area contributed by atoms with Crippen molar-refractivity contribution in [1.82, 2.24) is 19.7 Å². The molecule has 3 aromatic rings. The zero-order valence-corrected chi connectivity index (χ0v) is 24.0. The monoisotopic (exact) mass is 589 g/mol. The first-order valence-corrected chi connectivity index (χ1v) is 15.2. The number of para-hydroxylation sites is 1. The van der Waals surface area contributed by atoms with Gasteiger partial charge in [-0.15, -0.1) is 0 Å². The predicted octanol–water partition coefficient (Wildman–Crippen LogP) is 2.78. The van der Waals surface area contributed by atoms with E-state index in [4.69, 9.17) is 24.3 Å². The third-order valence-electron chi connectivity index (χ3n) is 7.73. The van der Waals surface area contributed by atoms with Gasteiger partial charge in [0.1, 0.15) is 53.7 Å². The van der Waals surface area contributed by atoms with Crippen molar-refractivity contribution in [3.8, 4) is 5.75 Å². The number of carbonyl (C=O) groups is 1. The van der Waals surface area contributed by atoms with Crippen LogP contribution in [0.2, 0.25) is 0 Å². The highest BCUT2D eigenvalue weighted by atomic mass is 31.2. The Morgan fingerprint density at radius 1 is 1.24 bits per heavy atom. The van der Waals surface area contributed by atoms with Gasteiger partial charge in [0.25, 0.3) is 0 Å². The number of nitrogens with two attached hydrogens (primary N) is 1. The fourth-order valence-corrected chi connectivity index (χ4v) is 6.78. The molecule has 1 aliphatic carbocycles. The summed E-state index contributed by atoms with van der Waals surface area (Å²) in [5, 5.41) is 28.8. The maximum Gasteiger partial charge on any atom is 0.459 e. The number of rotatable bonds is 12. The number of hydrogen-bond donors (Lipinski definition) is 4. The zero-order valence-electron chi connectivity index (χ0n) is 23.1. The smallest absolute Gasteiger partial charge is 0.459 e. The highest BCUT2D eigenvalue weighted by Gasteiger charge is 2.71. The number of aliphatic hydroxyl groups excluding tert-OH is 2. The molecule has 5 N–H and O–H groups in total. The SMILES string of the molecule is CCC(CC)COC(=O)[C@H](C)NP(=O)(Oc1ccccc1)O[C@@H]1CC12O[C@@H](c1ccc3c(N)ncnn13)[C@H](O)[C@@H]2O. The van der Waals surface area contributed by atoms with E-state index in [0.29, 0.717) is 11.2 Å². The molecule has 2 fully saturated rings. The summed E-state index contributed by atoms with van der Waals surface area (Å²) in [7, 11) is -4.22. The average molecular weight is 590 g/mol. The first-order chi connectivity index (χ1) is 19.6. The lowest BCUT2D eigenvalue weighted by molar-refractivity contribution is -0.146. The van der Waals surface area contributed by atoms with E-state index in [1.807, 2.05) is 13.8 Å². The van der Waals surface area contributed by atoms with Crippen molar-refractivity contribution in [3.05, 3.63) is 54.5 Å². The molecular formula is C27H36N5O8P. The minimum absolute atomic E-state index is 0.124. The molecule has 1 spiro atoms. The number of fused-ring (bicyclic) bond motifs is 1. The number of esters is 1. The number of nitrogens with zero attached hydrogens (tertiary/aromatic N) is 3. The fourth-order valence-electron chi connectivity index (χ4n) is 5.05. The van der Waals surface area contributed by atoms with Crippen LogP contribution in [0.1, 0.15) is 51.8 Å². The number of nitrogens with one attached hydrogen (secondary N) is 1. The van der Waals surface area contributed by atoms with Crippen molar-refractivity contribution in [2.45, 2.75) is 76.1 Å². The Labute approximate surface area is 237 Å². The van der Waals surface area contributed by atoms with E-state index in [0.717, 1.165) is 12.8 Å². The molecule has 2 unspecified atom stereocenters. The fraction of sp³-hybridized carbons (Fsp3) is 0.519. The van der Waals surface area contributed by atoms with Crippen LogP contribution in [0.25, 0.3) is 5.52 Å². The molecule has 41 heavy (non-hydrogen) atoms. The third kappa shape index (κ3) is 5.83. The van der Waals surface area contributed by atoms with Crippen LogP contribution in [0.5, 0.6) is 5.75 Å². The van der Waals surface area contributed by atoms with E-state index < -0.39 is 49.8 Å². The summed E-state index contributed by atoms with van der Waals surface area (Å²) in [5.41, 5.74) is 5.55. The summed E-state index contributed by atoms with van der Waals surface area (Å²) < 4.78 is 38.8. The van der Waals surface area contributed by atoms with Gasteiger partial charge in [-0.25, -0.2) is 14.1 Å². The number of carbonyl (C=O) groups excluding carboxylic acids is 1. The molecule has 1 saturated carbocycles. The largest absolute Gasteiger partial charge is 0.464 e. The molecule has 2 aromatic heterocycles. The van der Waals surface area contributed by atoms with E-state index in [9.17, 15) is 19.6 Å². The van der Waals surface area contributed by atoms with E-state index in [-0.39, 0.29) is 30.5 Å². The molecule has 5 rings (SSSR count). The van der Waals surface area contributed by atoms with Gasteiger partial charge in [0.2, 0.25) is 0 Å². The highest BCUT2D eigenvalue weighted by molar-refractivity contribution is 7.52. The van der Waals surface area contributed by atoms with Gasteiger partial charge in [-0.1, -0.05) is 44.9 Å². The Morgan fingerprint density at radius 3 is 2.68 bits per heavy atom. The van der Waals surface area contributed by atoms with E-state index >= 15 is 0 Å². The van der Waals surface area contributed by atoms with Gasteiger partial charge in [0, 0.05) is 6.42 Å². The van der Waals surface area contributed by atoms with E-state index in [2.05, 4.69) is 15.2 Å². The molecule has 1 saturated heterocycles. The van der Waals surface area contributed by atoms with Gasteiger partial charge < -0.3 is 29.9 Å². The van der Waals surface area contributed by atoms with Gasteiger partial charge in [0.15, 0.2) is 5.82 Å². The summed E-state index contributed by atoms with van der Waals surface area (Å²) in [6, 6.07) is 10.7. The van der Waals surface area contributed by atoms with Crippen LogP contribution >= 0.6 is 7.75 Å². The molecule has 0 bridgehead atoms. The average Bonchev–Trinajstić information content (AvgIpc) is 3.33. The second-order valence-electron chi connectivity index (χ2n) is 10.5. The molecule has 2 aliphatic rings. The molecule has 14 heteroatoms. The number of anilines is 1. The van der Waals surface area contributed by atoms with Crippen LogP contribution in [-0.2, 0) is 23.4 Å². The van der Waals surface area contributed by atoms with Crippen molar-refractivity contribution in [3.63, 3.8) is 0 Å². The van der Waals surface area contributed by atoms with Crippen molar-refractivity contribution in [1.29, 1.82) is 0 Å². The molecule has 3 heterocycles. The Balaban J connectivity index is 1.33. The normalized spacial score (nSPS) is 27.7. The summed E-state index contributed by atoms with van der Waals surface area (Å²) in [5.74, 6) is 0.122. The van der Waals surface area contributed by atoms with Crippen molar-refractivity contribution in [2.75, 3.05) is 12.3 Å². The minimum Gasteiger partial charge on any atom is -0.464 e. The molecule has 1 aromatic carbocycles. The van der Waals surface area contributed by atoms with Crippen molar-refractivity contribution >= 4 is 25.1 Å². The number of benzene rings is 1. The van der Waals surface area contributed by atoms with Crippen LogP contribution in [0.3, 0.4) is 0 Å². The standard InChI is InChI=1S/C27H36N5O8P/c1-4-17(5-2)14-37-26(35)16(3)31-41(36,39-18-9-7-6-8-10-18)40-21-13-27(21)24(34)22(33)23(38-27)19-11-12-20-25(28)29-15-30-32(19)20/h6-12,15-17,21-24,33-34H,4-5,13-14H2,1-3H3,(H,31,36)(H2,28,29,30)/t16-,21+,22-,23-,24-,27?,41?/m0/s1. The lowest BCUT2D eigenvalue weighted by Crippen LogP contribution is -2.38. The molecule has 0 radical (unpaired) electrons. The molecule has 7 atom stereocenters. The van der Waals surface area contributed by atoms with Gasteiger partial charge in [-0.2, -0.15) is 10.2 Å². The zero-order chi connectivity index (χ0) is 29.4. The molecule has 0 amide bonds. The summed E-state index contributed by atoms with van der Waals surface area (Å²) in [4.78, 5) is 16.7. The minimum atomic E-state index is -4.22. The number of ether oxygens (including phenoxy) is 2. The third-order valence-corrected chi connectivity index (χ3v) is 9.42. The topological polar surface area (TPSA) is 180 Å². The molecule has 222 valence electrons. The number of hydrogen-bond acceptors (Lipinski definition) is 11. The van der Waals surface area contributed by atoms with Gasteiger partial charge >= 0.3 is 13.7 Å². The number of aromatic nitrogens is 3. The lowest BCUT2D eigenvalue weighted by Gasteiger charge is -2.24. The Morgan fingerprint density at radius 2 is 1.98 bits per heavy atom.